The fourth-order valence-electron chi connectivity index (χ4n) is 2.50. The molecular weight excluding hydrogens is 436 g/mol. The average molecular weight is 453 g/mol. The van der Waals surface area contributed by atoms with Gasteiger partial charge in [-0.05, 0) is 30.3 Å². The fourth-order valence-corrected chi connectivity index (χ4v) is 2.50. The molecule has 0 unspecified atom stereocenters. The summed E-state index contributed by atoms with van der Waals surface area (Å²) in [4.78, 5) is 12.6. The lowest BCUT2D eigenvalue weighted by Crippen LogP contribution is -2.21. The topological polar surface area (TPSA) is 66.0 Å². The summed E-state index contributed by atoms with van der Waals surface area (Å²) in [5.41, 5.74) is -1.90. The van der Waals surface area contributed by atoms with Crippen molar-refractivity contribution in [1.82, 2.24) is 0 Å². The third-order valence-electron chi connectivity index (χ3n) is 3.87. The molecule has 2 rings (SSSR count). The Bertz CT molecular complexity index is 917. The molecule has 0 aliphatic heterocycles. The average Bonchev–Trinajstić information content (AvgIpc) is 2.70. The number of methoxy groups -OCH3 is 3. The molecule has 0 fully saturated rings. The SMILES string of the molecule is COc1cc(C(=O)Nc2cc(C(F)(F)F)ccc2OCC(F)(F)F)cc(OC)c1OC. The van der Waals surface area contributed by atoms with Gasteiger partial charge in [0, 0.05) is 5.56 Å². The van der Waals surface area contributed by atoms with E-state index in [0.29, 0.717) is 18.2 Å². The monoisotopic (exact) mass is 453 g/mol. The highest BCUT2D eigenvalue weighted by molar-refractivity contribution is 6.06. The van der Waals surface area contributed by atoms with E-state index in [9.17, 15) is 31.1 Å². The standard InChI is InChI=1S/C19H17F6NO5/c1-28-14-6-10(7-15(29-2)16(14)30-3)17(27)26-12-8-11(19(23,24)25)4-5-13(12)31-9-18(20,21)22/h4-8H,9H2,1-3H3,(H,26,27). The number of carbonyl (C=O) groups is 1. The zero-order chi connectivity index (χ0) is 23.4. The Labute approximate surface area is 172 Å². The number of halogens is 6. The van der Waals surface area contributed by atoms with E-state index in [1.165, 1.54) is 33.5 Å². The fraction of sp³-hybridized carbons (Fsp3) is 0.316. The molecule has 0 spiro atoms. The molecule has 0 radical (unpaired) electrons. The Hall–Kier alpha value is -3.31. The molecule has 0 aromatic heterocycles. The van der Waals surface area contributed by atoms with Crippen molar-refractivity contribution in [2.45, 2.75) is 12.4 Å². The molecule has 2 aromatic rings. The molecule has 1 N–H and O–H groups in total. The normalized spacial score (nSPS) is 11.6. The van der Waals surface area contributed by atoms with Gasteiger partial charge >= 0.3 is 12.4 Å². The molecule has 0 heterocycles. The smallest absolute Gasteiger partial charge is 0.422 e. The van der Waals surface area contributed by atoms with Gasteiger partial charge < -0.3 is 24.3 Å². The lowest BCUT2D eigenvalue weighted by Gasteiger charge is -2.17. The van der Waals surface area contributed by atoms with Crippen LogP contribution in [0.2, 0.25) is 0 Å². The van der Waals surface area contributed by atoms with E-state index < -0.39 is 41.9 Å². The van der Waals surface area contributed by atoms with Crippen molar-refractivity contribution in [2.24, 2.45) is 0 Å². The molecule has 1 amide bonds. The molecule has 0 aliphatic rings. The molecule has 0 saturated heterocycles. The maximum absolute atomic E-state index is 13.0. The summed E-state index contributed by atoms with van der Waals surface area (Å²) >= 11 is 0. The van der Waals surface area contributed by atoms with Crippen LogP contribution < -0.4 is 24.3 Å². The Morgan fingerprint density at radius 3 is 1.90 bits per heavy atom. The van der Waals surface area contributed by atoms with Gasteiger partial charge in [0.2, 0.25) is 5.75 Å². The molecule has 6 nitrogen and oxygen atoms in total. The van der Waals surface area contributed by atoms with Crippen molar-refractivity contribution in [1.29, 1.82) is 0 Å². The van der Waals surface area contributed by atoms with E-state index in [0.717, 1.165) is 0 Å². The Kier molecular flexibility index (Phi) is 7.13. The summed E-state index contributed by atoms with van der Waals surface area (Å²) in [6, 6.07) is 4.16. The number of anilines is 1. The highest BCUT2D eigenvalue weighted by Gasteiger charge is 2.33. The Morgan fingerprint density at radius 1 is 0.871 bits per heavy atom. The second-order valence-electron chi connectivity index (χ2n) is 5.98. The number of carbonyl (C=O) groups excluding carboxylic acids is 1. The van der Waals surface area contributed by atoms with Gasteiger partial charge in [-0.15, -0.1) is 0 Å². The first kappa shape index (κ1) is 24.0. The van der Waals surface area contributed by atoms with Crippen LogP contribution in [0.15, 0.2) is 30.3 Å². The van der Waals surface area contributed by atoms with Crippen molar-refractivity contribution >= 4 is 11.6 Å². The van der Waals surface area contributed by atoms with Gasteiger partial charge in [-0.2, -0.15) is 26.3 Å². The van der Waals surface area contributed by atoms with Gasteiger partial charge in [0.1, 0.15) is 5.75 Å². The van der Waals surface area contributed by atoms with Crippen molar-refractivity contribution < 1.29 is 50.1 Å². The third kappa shape index (κ3) is 6.09. The quantitative estimate of drug-likeness (QED) is 0.603. The zero-order valence-corrected chi connectivity index (χ0v) is 16.4. The first-order valence-electron chi connectivity index (χ1n) is 8.41. The first-order valence-corrected chi connectivity index (χ1v) is 8.41. The minimum absolute atomic E-state index is 0.0876. The number of alkyl halides is 6. The van der Waals surface area contributed by atoms with Crippen LogP contribution in [0.25, 0.3) is 0 Å². The van der Waals surface area contributed by atoms with Crippen molar-refractivity contribution in [3.63, 3.8) is 0 Å². The van der Waals surface area contributed by atoms with Crippen molar-refractivity contribution in [3.05, 3.63) is 41.5 Å². The maximum Gasteiger partial charge on any atom is 0.422 e. The number of hydrogen-bond acceptors (Lipinski definition) is 5. The van der Waals surface area contributed by atoms with Crippen LogP contribution in [0, 0.1) is 0 Å². The molecule has 31 heavy (non-hydrogen) atoms. The van der Waals surface area contributed by atoms with Crippen LogP contribution in [-0.2, 0) is 6.18 Å². The van der Waals surface area contributed by atoms with Crippen LogP contribution in [0.5, 0.6) is 23.0 Å². The number of hydrogen-bond donors (Lipinski definition) is 1. The highest BCUT2D eigenvalue weighted by Crippen LogP contribution is 2.39. The van der Waals surface area contributed by atoms with E-state index >= 15 is 0 Å². The van der Waals surface area contributed by atoms with Crippen LogP contribution in [-0.4, -0.2) is 40.0 Å². The van der Waals surface area contributed by atoms with Gasteiger partial charge in [-0.3, -0.25) is 4.79 Å². The maximum atomic E-state index is 13.0. The van der Waals surface area contributed by atoms with Crippen LogP contribution >= 0.6 is 0 Å². The highest BCUT2D eigenvalue weighted by atomic mass is 19.4. The predicted octanol–water partition coefficient (Wildman–Crippen LogP) is 4.92. The Balaban J connectivity index is 2.44. The number of benzene rings is 2. The molecule has 12 heteroatoms. The molecular formula is C19H17F6NO5. The van der Waals surface area contributed by atoms with E-state index in [4.69, 9.17) is 14.2 Å². The van der Waals surface area contributed by atoms with Gasteiger partial charge in [-0.25, -0.2) is 0 Å². The van der Waals surface area contributed by atoms with Gasteiger partial charge in [0.25, 0.3) is 5.91 Å². The lowest BCUT2D eigenvalue weighted by molar-refractivity contribution is -0.153. The molecule has 170 valence electrons. The van der Waals surface area contributed by atoms with E-state index in [1.54, 1.807) is 0 Å². The van der Waals surface area contributed by atoms with Gasteiger partial charge in [-0.1, -0.05) is 0 Å². The largest absolute Gasteiger partial charge is 0.493 e. The van der Waals surface area contributed by atoms with Crippen molar-refractivity contribution in [3.8, 4) is 23.0 Å². The van der Waals surface area contributed by atoms with Crippen LogP contribution in [0.4, 0.5) is 32.0 Å². The minimum Gasteiger partial charge on any atom is -0.493 e. The molecule has 0 aliphatic carbocycles. The number of amides is 1. The summed E-state index contributed by atoms with van der Waals surface area (Å²) in [6.45, 7) is -1.76. The zero-order valence-electron chi connectivity index (χ0n) is 16.4. The number of nitrogens with one attached hydrogen (secondary N) is 1. The third-order valence-corrected chi connectivity index (χ3v) is 3.87. The van der Waals surface area contributed by atoms with Gasteiger partial charge in [0.05, 0.1) is 32.6 Å². The van der Waals surface area contributed by atoms with E-state index in [1.807, 2.05) is 0 Å². The molecule has 0 saturated carbocycles. The molecule has 0 atom stereocenters. The van der Waals surface area contributed by atoms with Gasteiger partial charge in [0.15, 0.2) is 18.1 Å². The second kappa shape index (κ2) is 9.23. The molecule has 0 bridgehead atoms. The van der Waals surface area contributed by atoms with E-state index in [-0.39, 0.29) is 22.8 Å². The first-order chi connectivity index (χ1) is 14.4. The summed E-state index contributed by atoms with van der Waals surface area (Å²) in [5.74, 6) is -1.20. The Morgan fingerprint density at radius 2 is 1.45 bits per heavy atom. The molecule has 2 aromatic carbocycles. The lowest BCUT2D eigenvalue weighted by atomic mass is 10.1. The number of rotatable bonds is 7. The predicted molar refractivity (Wildman–Crippen MR) is 97.0 cm³/mol. The summed E-state index contributed by atoms with van der Waals surface area (Å²) < 4.78 is 96.4. The second-order valence-corrected chi connectivity index (χ2v) is 5.98. The van der Waals surface area contributed by atoms with Crippen LogP contribution in [0.1, 0.15) is 15.9 Å². The minimum atomic E-state index is -4.80. The van der Waals surface area contributed by atoms with E-state index in [2.05, 4.69) is 10.1 Å². The van der Waals surface area contributed by atoms with Crippen LogP contribution in [0.3, 0.4) is 0 Å². The summed E-state index contributed by atoms with van der Waals surface area (Å²) in [5, 5.41) is 2.13. The summed E-state index contributed by atoms with van der Waals surface area (Å²) in [6.07, 6.45) is -9.53. The van der Waals surface area contributed by atoms with Crippen molar-refractivity contribution in [2.75, 3.05) is 33.3 Å². The number of ether oxygens (including phenoxy) is 4. The summed E-state index contributed by atoms with van der Waals surface area (Å²) in [7, 11) is 3.90.